The summed E-state index contributed by atoms with van der Waals surface area (Å²) < 4.78 is 6.13. The van der Waals surface area contributed by atoms with Crippen LogP contribution >= 0.6 is 0 Å². The Morgan fingerprint density at radius 1 is 1.00 bits per heavy atom. The number of aromatic nitrogens is 1. The lowest BCUT2D eigenvalue weighted by molar-refractivity contribution is 0.176. The normalized spacial score (nSPS) is 17.5. The van der Waals surface area contributed by atoms with Crippen molar-refractivity contribution in [3.8, 4) is 5.75 Å². The van der Waals surface area contributed by atoms with Gasteiger partial charge >= 0.3 is 0 Å². The molecule has 2 nitrogen and oxygen atoms in total. The van der Waals surface area contributed by atoms with Crippen molar-refractivity contribution in [1.82, 2.24) is 4.98 Å². The molecule has 0 spiro atoms. The van der Waals surface area contributed by atoms with E-state index in [9.17, 15) is 0 Å². The van der Waals surface area contributed by atoms with Crippen LogP contribution in [-0.4, -0.2) is 4.98 Å². The molecule has 0 amide bonds. The summed E-state index contributed by atoms with van der Waals surface area (Å²) in [7, 11) is 0. The van der Waals surface area contributed by atoms with Gasteiger partial charge in [0.1, 0.15) is 11.9 Å². The average molecular weight is 261 g/mol. The van der Waals surface area contributed by atoms with Crippen LogP contribution in [0.1, 0.15) is 23.7 Å². The molecular formula is C18H15NO. The molecular weight excluding hydrogens is 246 g/mol. The van der Waals surface area contributed by atoms with Gasteiger partial charge in [-0.05, 0) is 36.6 Å². The minimum atomic E-state index is 0.113. The van der Waals surface area contributed by atoms with Crippen LogP contribution in [0, 0.1) is 0 Å². The van der Waals surface area contributed by atoms with Crippen molar-refractivity contribution >= 4 is 10.9 Å². The molecule has 0 aliphatic carbocycles. The standard InChI is InChI=1S/C18H15NO/c1-3-7-16-14(6-1)11-15(12-19-16)18-10-9-13-5-2-4-8-17(13)20-18/h1-8,11-12,18H,9-10H2. The van der Waals surface area contributed by atoms with Crippen LogP contribution in [0.25, 0.3) is 10.9 Å². The highest BCUT2D eigenvalue weighted by Crippen LogP contribution is 2.34. The summed E-state index contributed by atoms with van der Waals surface area (Å²) in [6, 6.07) is 18.7. The number of ether oxygens (including phenoxy) is 1. The van der Waals surface area contributed by atoms with E-state index in [1.807, 2.05) is 30.5 Å². The Kier molecular flexibility index (Phi) is 2.66. The first-order valence-corrected chi connectivity index (χ1v) is 6.99. The quantitative estimate of drug-likeness (QED) is 0.651. The van der Waals surface area contributed by atoms with Gasteiger partial charge in [-0.25, -0.2) is 0 Å². The lowest BCUT2D eigenvalue weighted by Gasteiger charge is -2.26. The van der Waals surface area contributed by atoms with E-state index >= 15 is 0 Å². The predicted octanol–water partition coefficient (Wildman–Crippen LogP) is 4.30. The predicted molar refractivity (Wildman–Crippen MR) is 79.9 cm³/mol. The van der Waals surface area contributed by atoms with E-state index in [2.05, 4.69) is 35.3 Å². The van der Waals surface area contributed by atoms with E-state index in [0.29, 0.717) is 0 Å². The fourth-order valence-electron chi connectivity index (χ4n) is 2.82. The van der Waals surface area contributed by atoms with Crippen molar-refractivity contribution in [1.29, 1.82) is 0 Å². The maximum absolute atomic E-state index is 6.13. The van der Waals surface area contributed by atoms with Crippen molar-refractivity contribution in [2.75, 3.05) is 0 Å². The van der Waals surface area contributed by atoms with Crippen molar-refractivity contribution < 1.29 is 4.74 Å². The summed E-state index contributed by atoms with van der Waals surface area (Å²) in [6.45, 7) is 0. The van der Waals surface area contributed by atoms with Crippen LogP contribution in [0.5, 0.6) is 5.75 Å². The number of fused-ring (bicyclic) bond motifs is 2. The molecule has 0 fully saturated rings. The van der Waals surface area contributed by atoms with Gasteiger partial charge in [0.2, 0.25) is 0 Å². The Balaban J connectivity index is 1.70. The van der Waals surface area contributed by atoms with Gasteiger partial charge in [0.15, 0.2) is 0 Å². The molecule has 1 aliphatic heterocycles. The smallest absolute Gasteiger partial charge is 0.126 e. The van der Waals surface area contributed by atoms with Crippen LogP contribution in [0.15, 0.2) is 60.8 Å². The van der Waals surface area contributed by atoms with Crippen LogP contribution in [0.3, 0.4) is 0 Å². The van der Waals surface area contributed by atoms with Gasteiger partial charge in [0.25, 0.3) is 0 Å². The molecule has 3 aromatic rings. The van der Waals surface area contributed by atoms with Crippen LogP contribution in [-0.2, 0) is 6.42 Å². The highest BCUT2D eigenvalue weighted by atomic mass is 16.5. The number of nitrogens with zero attached hydrogens (tertiary/aromatic N) is 1. The third-order valence-electron chi connectivity index (χ3n) is 3.90. The number of benzene rings is 2. The number of hydrogen-bond acceptors (Lipinski definition) is 2. The van der Waals surface area contributed by atoms with Crippen molar-refractivity contribution in [3.63, 3.8) is 0 Å². The first kappa shape index (κ1) is 11.5. The zero-order valence-electron chi connectivity index (χ0n) is 11.1. The molecule has 2 heterocycles. The number of pyridine rings is 1. The van der Waals surface area contributed by atoms with E-state index in [0.717, 1.165) is 24.1 Å². The fraction of sp³-hybridized carbons (Fsp3) is 0.167. The second-order valence-corrected chi connectivity index (χ2v) is 5.21. The van der Waals surface area contributed by atoms with Crippen LogP contribution in [0.4, 0.5) is 0 Å². The number of aryl methyl sites for hydroxylation is 1. The number of hydrogen-bond donors (Lipinski definition) is 0. The monoisotopic (exact) mass is 261 g/mol. The van der Waals surface area contributed by atoms with Gasteiger partial charge in [0.05, 0.1) is 5.52 Å². The summed E-state index contributed by atoms with van der Waals surface area (Å²) in [5, 5.41) is 1.17. The molecule has 1 unspecified atom stereocenters. The molecule has 0 saturated carbocycles. The van der Waals surface area contributed by atoms with Crippen molar-refractivity contribution in [2.45, 2.75) is 18.9 Å². The molecule has 2 aromatic carbocycles. The molecule has 0 saturated heterocycles. The summed E-state index contributed by atoms with van der Waals surface area (Å²) in [5.41, 5.74) is 3.50. The topological polar surface area (TPSA) is 22.1 Å². The van der Waals surface area contributed by atoms with Gasteiger partial charge in [-0.15, -0.1) is 0 Å². The molecule has 0 N–H and O–H groups in total. The van der Waals surface area contributed by atoms with Crippen LogP contribution < -0.4 is 4.74 Å². The third-order valence-corrected chi connectivity index (χ3v) is 3.90. The van der Waals surface area contributed by atoms with E-state index in [4.69, 9.17) is 4.74 Å². The van der Waals surface area contributed by atoms with E-state index < -0.39 is 0 Å². The summed E-state index contributed by atoms with van der Waals surface area (Å²) >= 11 is 0. The molecule has 1 aliphatic rings. The molecule has 1 atom stereocenters. The first-order valence-electron chi connectivity index (χ1n) is 6.99. The summed E-state index contributed by atoms with van der Waals surface area (Å²) in [6.07, 6.45) is 4.13. The Bertz CT molecular complexity index is 766. The molecule has 20 heavy (non-hydrogen) atoms. The molecule has 0 radical (unpaired) electrons. The van der Waals surface area contributed by atoms with Gasteiger partial charge < -0.3 is 4.74 Å². The molecule has 98 valence electrons. The highest BCUT2D eigenvalue weighted by Gasteiger charge is 2.21. The Labute approximate surface area is 118 Å². The first-order chi connectivity index (χ1) is 9.90. The maximum atomic E-state index is 6.13. The molecule has 2 heteroatoms. The van der Waals surface area contributed by atoms with E-state index in [-0.39, 0.29) is 6.10 Å². The van der Waals surface area contributed by atoms with Crippen LogP contribution in [0.2, 0.25) is 0 Å². The molecule has 1 aromatic heterocycles. The van der Waals surface area contributed by atoms with Crippen molar-refractivity contribution in [3.05, 3.63) is 71.9 Å². The van der Waals surface area contributed by atoms with Crippen molar-refractivity contribution in [2.24, 2.45) is 0 Å². The third kappa shape index (κ3) is 1.94. The van der Waals surface area contributed by atoms with Gasteiger partial charge in [-0.2, -0.15) is 0 Å². The second kappa shape index (κ2) is 4.64. The van der Waals surface area contributed by atoms with Gasteiger partial charge in [-0.3, -0.25) is 4.98 Å². The largest absolute Gasteiger partial charge is 0.485 e. The zero-order chi connectivity index (χ0) is 13.4. The zero-order valence-corrected chi connectivity index (χ0v) is 11.1. The molecule has 0 bridgehead atoms. The Morgan fingerprint density at radius 3 is 2.85 bits per heavy atom. The highest BCUT2D eigenvalue weighted by molar-refractivity contribution is 5.78. The Morgan fingerprint density at radius 2 is 1.85 bits per heavy atom. The van der Waals surface area contributed by atoms with Gasteiger partial charge in [-0.1, -0.05) is 36.4 Å². The summed E-state index contributed by atoms with van der Waals surface area (Å²) in [4.78, 5) is 4.53. The Hall–Kier alpha value is -2.35. The molecule has 4 rings (SSSR count). The van der Waals surface area contributed by atoms with E-state index in [1.54, 1.807) is 0 Å². The number of rotatable bonds is 1. The average Bonchev–Trinajstić information content (AvgIpc) is 2.54. The maximum Gasteiger partial charge on any atom is 0.126 e. The van der Waals surface area contributed by atoms with Gasteiger partial charge in [0, 0.05) is 17.1 Å². The minimum absolute atomic E-state index is 0.113. The second-order valence-electron chi connectivity index (χ2n) is 5.21. The van der Waals surface area contributed by atoms with E-state index in [1.165, 1.54) is 16.5 Å². The summed E-state index contributed by atoms with van der Waals surface area (Å²) in [5.74, 6) is 1.01. The lowest BCUT2D eigenvalue weighted by Crippen LogP contribution is -2.15. The number of para-hydroxylation sites is 2. The SMILES string of the molecule is c1ccc2c(c1)CCC(c1cnc3ccccc3c1)O2. The lowest BCUT2D eigenvalue weighted by atomic mass is 9.98. The minimum Gasteiger partial charge on any atom is -0.485 e. The fourth-order valence-corrected chi connectivity index (χ4v) is 2.82.